The number of fused-ring (bicyclic) bond motifs is 1. The van der Waals surface area contributed by atoms with Crippen molar-refractivity contribution in [2.45, 2.75) is 19.4 Å². The number of carbonyl (C=O) groups excluding carboxylic acids is 1. The molecule has 1 aromatic carbocycles. The predicted molar refractivity (Wildman–Crippen MR) is 70.4 cm³/mol. The van der Waals surface area contributed by atoms with Gasteiger partial charge in [0.15, 0.2) is 0 Å². The minimum Gasteiger partial charge on any atom is -0.393 e. The monoisotopic (exact) mass is 267 g/mol. The van der Waals surface area contributed by atoms with Crippen molar-refractivity contribution >= 4 is 27.3 Å². The molecule has 1 unspecified atom stereocenters. The highest BCUT2D eigenvalue weighted by molar-refractivity contribution is 7.20. The molecule has 1 heterocycles. The number of amides is 1. The zero-order valence-electron chi connectivity index (χ0n) is 9.94. The van der Waals surface area contributed by atoms with Gasteiger partial charge in [0, 0.05) is 11.2 Å². The summed E-state index contributed by atoms with van der Waals surface area (Å²) in [4.78, 5) is 12.4. The molecule has 0 saturated heterocycles. The number of thiophene rings is 1. The highest BCUT2D eigenvalue weighted by atomic mass is 32.1. The van der Waals surface area contributed by atoms with Gasteiger partial charge in [-0.1, -0.05) is 0 Å². The lowest BCUT2D eigenvalue weighted by Gasteiger charge is -2.04. The molecule has 0 fully saturated rings. The van der Waals surface area contributed by atoms with Gasteiger partial charge in [-0.05, 0) is 43.0 Å². The molecule has 2 aromatic rings. The summed E-state index contributed by atoms with van der Waals surface area (Å²) in [6, 6.07) is 6.15. The average Bonchev–Trinajstić information content (AvgIpc) is 2.71. The van der Waals surface area contributed by atoms with E-state index in [-0.39, 0.29) is 11.7 Å². The van der Waals surface area contributed by atoms with Crippen LogP contribution in [0.25, 0.3) is 10.1 Å². The first-order valence-corrected chi connectivity index (χ1v) is 6.53. The van der Waals surface area contributed by atoms with Crippen molar-refractivity contribution in [3.8, 4) is 0 Å². The van der Waals surface area contributed by atoms with Crippen LogP contribution >= 0.6 is 11.3 Å². The minimum absolute atomic E-state index is 0.183. The van der Waals surface area contributed by atoms with Crippen LogP contribution in [-0.2, 0) is 0 Å². The average molecular weight is 267 g/mol. The molecule has 2 N–H and O–H groups in total. The summed E-state index contributed by atoms with van der Waals surface area (Å²) in [5, 5.41) is 12.6. The first-order valence-electron chi connectivity index (χ1n) is 5.71. The molecule has 1 amide bonds. The Labute approximate surface area is 108 Å². The van der Waals surface area contributed by atoms with Crippen molar-refractivity contribution in [2.24, 2.45) is 0 Å². The van der Waals surface area contributed by atoms with Gasteiger partial charge >= 0.3 is 0 Å². The molecule has 0 aliphatic heterocycles. The molecular formula is C13H14FNO2S. The van der Waals surface area contributed by atoms with E-state index in [1.807, 2.05) is 0 Å². The van der Waals surface area contributed by atoms with Crippen LogP contribution in [0.5, 0.6) is 0 Å². The molecule has 0 saturated carbocycles. The van der Waals surface area contributed by atoms with Gasteiger partial charge in [0.05, 0.1) is 11.0 Å². The molecular weight excluding hydrogens is 253 g/mol. The van der Waals surface area contributed by atoms with Crippen LogP contribution < -0.4 is 5.32 Å². The molecule has 0 radical (unpaired) electrons. The van der Waals surface area contributed by atoms with Crippen LogP contribution in [0, 0.1) is 5.82 Å². The van der Waals surface area contributed by atoms with E-state index in [1.165, 1.54) is 23.5 Å². The summed E-state index contributed by atoms with van der Waals surface area (Å²) in [6.07, 6.45) is 0.0902. The Morgan fingerprint density at radius 1 is 1.50 bits per heavy atom. The summed E-state index contributed by atoms with van der Waals surface area (Å²) in [5.41, 5.74) is 0. The van der Waals surface area contributed by atoms with Gasteiger partial charge in [0.25, 0.3) is 5.91 Å². The van der Waals surface area contributed by atoms with Crippen molar-refractivity contribution in [3.63, 3.8) is 0 Å². The highest BCUT2D eigenvalue weighted by Gasteiger charge is 2.10. The number of nitrogens with one attached hydrogen (secondary N) is 1. The highest BCUT2D eigenvalue weighted by Crippen LogP contribution is 2.26. The van der Waals surface area contributed by atoms with Gasteiger partial charge in [-0.2, -0.15) is 0 Å². The Kier molecular flexibility index (Phi) is 3.93. The second kappa shape index (κ2) is 5.46. The number of carbonyl (C=O) groups is 1. The Morgan fingerprint density at radius 2 is 2.28 bits per heavy atom. The molecule has 18 heavy (non-hydrogen) atoms. The lowest BCUT2D eigenvalue weighted by atomic mass is 10.2. The van der Waals surface area contributed by atoms with Gasteiger partial charge in [-0.25, -0.2) is 4.39 Å². The third-order valence-electron chi connectivity index (χ3n) is 2.55. The standard InChI is InChI=1S/C13H14FNO2S/c1-8(16)4-5-15-13(17)12-7-9-6-10(14)2-3-11(9)18-12/h2-3,6-8,16H,4-5H2,1H3,(H,15,17). The predicted octanol–water partition coefficient (Wildman–Crippen LogP) is 2.54. The number of hydrogen-bond acceptors (Lipinski definition) is 3. The molecule has 2 rings (SSSR count). The first kappa shape index (κ1) is 13.0. The zero-order chi connectivity index (χ0) is 13.1. The summed E-state index contributed by atoms with van der Waals surface area (Å²) in [6.45, 7) is 2.10. The normalized spacial score (nSPS) is 12.6. The van der Waals surface area contributed by atoms with Crippen LogP contribution in [0.3, 0.4) is 0 Å². The molecule has 5 heteroatoms. The van der Waals surface area contributed by atoms with Gasteiger partial charge in [-0.15, -0.1) is 11.3 Å². The fourth-order valence-corrected chi connectivity index (χ4v) is 2.57. The van der Waals surface area contributed by atoms with E-state index >= 15 is 0 Å². The van der Waals surface area contributed by atoms with Gasteiger partial charge in [0.2, 0.25) is 0 Å². The third-order valence-corrected chi connectivity index (χ3v) is 3.66. The topological polar surface area (TPSA) is 49.3 Å². The fourth-order valence-electron chi connectivity index (χ4n) is 1.61. The second-order valence-electron chi connectivity index (χ2n) is 4.19. The molecule has 3 nitrogen and oxygen atoms in total. The van der Waals surface area contributed by atoms with E-state index in [0.29, 0.717) is 17.8 Å². The van der Waals surface area contributed by atoms with E-state index < -0.39 is 6.10 Å². The molecule has 0 spiro atoms. The molecule has 96 valence electrons. The van der Waals surface area contributed by atoms with Crippen LogP contribution in [0.1, 0.15) is 23.0 Å². The first-order chi connectivity index (χ1) is 8.56. The van der Waals surface area contributed by atoms with E-state index in [2.05, 4.69) is 5.32 Å². The van der Waals surface area contributed by atoms with Gasteiger partial charge in [0.1, 0.15) is 5.82 Å². The number of benzene rings is 1. The van der Waals surface area contributed by atoms with Gasteiger partial charge < -0.3 is 10.4 Å². The van der Waals surface area contributed by atoms with Crippen LogP contribution in [0.2, 0.25) is 0 Å². The van der Waals surface area contributed by atoms with E-state index in [0.717, 1.165) is 10.1 Å². The largest absolute Gasteiger partial charge is 0.393 e. The Hall–Kier alpha value is -1.46. The maximum atomic E-state index is 13.0. The molecule has 0 bridgehead atoms. The number of hydrogen-bond donors (Lipinski definition) is 2. The molecule has 0 aliphatic rings. The van der Waals surface area contributed by atoms with E-state index in [9.17, 15) is 9.18 Å². The van der Waals surface area contributed by atoms with Crippen LogP contribution in [-0.4, -0.2) is 23.7 Å². The van der Waals surface area contributed by atoms with E-state index in [4.69, 9.17) is 5.11 Å². The van der Waals surface area contributed by atoms with Crippen molar-refractivity contribution in [3.05, 3.63) is 35.0 Å². The summed E-state index contributed by atoms with van der Waals surface area (Å²) in [7, 11) is 0. The minimum atomic E-state index is -0.429. The van der Waals surface area contributed by atoms with Crippen LogP contribution in [0.15, 0.2) is 24.3 Å². The Bertz CT molecular complexity index is 565. The third kappa shape index (κ3) is 3.05. The molecule has 1 atom stereocenters. The van der Waals surface area contributed by atoms with Crippen molar-refractivity contribution in [1.82, 2.24) is 5.32 Å². The maximum Gasteiger partial charge on any atom is 0.261 e. The number of rotatable bonds is 4. The summed E-state index contributed by atoms with van der Waals surface area (Å²) >= 11 is 1.33. The number of aliphatic hydroxyl groups excluding tert-OH is 1. The summed E-state index contributed by atoms with van der Waals surface area (Å²) in [5.74, 6) is -0.487. The Balaban J connectivity index is 2.08. The second-order valence-corrected chi connectivity index (χ2v) is 5.27. The van der Waals surface area contributed by atoms with Crippen molar-refractivity contribution in [1.29, 1.82) is 0 Å². The Morgan fingerprint density at radius 3 is 3.00 bits per heavy atom. The molecule has 0 aliphatic carbocycles. The number of aliphatic hydroxyl groups is 1. The lowest BCUT2D eigenvalue weighted by Crippen LogP contribution is -2.25. The quantitative estimate of drug-likeness (QED) is 0.894. The smallest absolute Gasteiger partial charge is 0.261 e. The maximum absolute atomic E-state index is 13.0. The van der Waals surface area contributed by atoms with Gasteiger partial charge in [-0.3, -0.25) is 4.79 Å². The zero-order valence-corrected chi connectivity index (χ0v) is 10.8. The van der Waals surface area contributed by atoms with Crippen LogP contribution in [0.4, 0.5) is 4.39 Å². The number of halogens is 1. The fraction of sp³-hybridized carbons (Fsp3) is 0.308. The summed E-state index contributed by atoms with van der Waals surface area (Å²) < 4.78 is 13.9. The SMILES string of the molecule is CC(O)CCNC(=O)c1cc2cc(F)ccc2s1. The van der Waals surface area contributed by atoms with E-state index in [1.54, 1.807) is 19.1 Å². The lowest BCUT2D eigenvalue weighted by molar-refractivity contribution is 0.0949. The van der Waals surface area contributed by atoms with Crippen molar-refractivity contribution < 1.29 is 14.3 Å². The van der Waals surface area contributed by atoms with Crippen molar-refractivity contribution in [2.75, 3.05) is 6.54 Å². The molecule has 1 aromatic heterocycles.